The molecule has 26 heavy (non-hydrogen) atoms. The van der Waals surface area contributed by atoms with Gasteiger partial charge in [-0.15, -0.1) is 0 Å². The van der Waals surface area contributed by atoms with Crippen LogP contribution < -0.4 is 0 Å². The lowest BCUT2D eigenvalue weighted by molar-refractivity contribution is -0.128. The average Bonchev–Trinajstić information content (AvgIpc) is 2.48. The first kappa shape index (κ1) is 25.0. The molecule has 0 fully saturated rings. The molecule has 3 heteroatoms. The van der Waals surface area contributed by atoms with Crippen LogP contribution in [0.5, 0.6) is 0 Å². The third-order valence-electron chi connectivity index (χ3n) is 4.99. The van der Waals surface area contributed by atoms with E-state index >= 15 is 0 Å². The van der Waals surface area contributed by atoms with Crippen molar-refractivity contribution >= 4 is 17.3 Å². The van der Waals surface area contributed by atoms with E-state index in [-0.39, 0.29) is 35.1 Å². The maximum atomic E-state index is 12.8. The Hall–Kier alpha value is -0.990. The van der Waals surface area contributed by atoms with Gasteiger partial charge in [0.25, 0.3) is 0 Å². The van der Waals surface area contributed by atoms with Gasteiger partial charge >= 0.3 is 0 Å². The summed E-state index contributed by atoms with van der Waals surface area (Å²) >= 11 is 0. The Kier molecular flexibility index (Phi) is 11.9. The van der Waals surface area contributed by atoms with E-state index in [0.717, 1.165) is 6.42 Å². The van der Waals surface area contributed by atoms with Gasteiger partial charge in [0.05, 0.1) is 0 Å². The summed E-state index contributed by atoms with van der Waals surface area (Å²) in [6.07, 6.45) is 3.63. The Bertz CT molecular complexity index is 448. The van der Waals surface area contributed by atoms with Crippen LogP contribution in [-0.2, 0) is 14.4 Å². The van der Waals surface area contributed by atoms with E-state index in [1.54, 1.807) is 0 Å². The molecular formula is C23H42O3. The smallest absolute Gasteiger partial charge is 0.136 e. The first-order valence-electron chi connectivity index (χ1n) is 10.6. The molecule has 0 aromatic heterocycles. The van der Waals surface area contributed by atoms with Crippen molar-refractivity contribution in [3.63, 3.8) is 0 Å². The van der Waals surface area contributed by atoms with Crippen molar-refractivity contribution in [3.8, 4) is 0 Å². The van der Waals surface area contributed by atoms with Crippen molar-refractivity contribution in [3.05, 3.63) is 0 Å². The fourth-order valence-corrected chi connectivity index (χ4v) is 3.53. The third kappa shape index (κ3) is 10.2. The molecule has 0 bridgehead atoms. The average molecular weight is 367 g/mol. The van der Waals surface area contributed by atoms with E-state index in [0.29, 0.717) is 49.9 Å². The number of ketones is 3. The molecule has 0 spiro atoms. The van der Waals surface area contributed by atoms with Crippen LogP contribution >= 0.6 is 0 Å². The highest BCUT2D eigenvalue weighted by Gasteiger charge is 2.29. The molecule has 0 aliphatic carbocycles. The first-order chi connectivity index (χ1) is 12.0. The van der Waals surface area contributed by atoms with Gasteiger partial charge in [-0.05, 0) is 37.0 Å². The summed E-state index contributed by atoms with van der Waals surface area (Å²) in [5.74, 6) is 1.36. The monoisotopic (exact) mass is 366 g/mol. The molecule has 152 valence electrons. The van der Waals surface area contributed by atoms with Crippen LogP contribution in [0.3, 0.4) is 0 Å². The molecular weight excluding hydrogens is 324 g/mol. The van der Waals surface area contributed by atoms with Crippen molar-refractivity contribution in [1.82, 2.24) is 0 Å². The number of rotatable bonds is 14. The van der Waals surface area contributed by atoms with E-state index in [9.17, 15) is 14.4 Å². The maximum Gasteiger partial charge on any atom is 0.136 e. The number of carbonyl (C=O) groups is 3. The Morgan fingerprint density at radius 3 is 1.35 bits per heavy atom. The highest BCUT2D eigenvalue weighted by molar-refractivity contribution is 5.86. The second kappa shape index (κ2) is 12.4. The van der Waals surface area contributed by atoms with Gasteiger partial charge in [0.15, 0.2) is 0 Å². The summed E-state index contributed by atoms with van der Waals surface area (Å²) in [6, 6.07) is 0. The Morgan fingerprint density at radius 1 is 0.577 bits per heavy atom. The van der Waals surface area contributed by atoms with Gasteiger partial charge < -0.3 is 0 Å². The van der Waals surface area contributed by atoms with Gasteiger partial charge in [0, 0.05) is 37.0 Å². The minimum atomic E-state index is -0.176. The molecule has 0 aromatic carbocycles. The van der Waals surface area contributed by atoms with E-state index in [1.165, 1.54) is 0 Å². The lowest BCUT2D eigenvalue weighted by atomic mass is 9.78. The largest absolute Gasteiger partial charge is 0.299 e. The second-order valence-electron chi connectivity index (χ2n) is 9.37. The molecule has 0 heterocycles. The SMILES string of the molecule is CCC(CC(C[C@H](C)C(=O)CC(C)C)C(=O)CC(C)C)C(=O)CC(C)C. The molecule has 0 aliphatic rings. The molecule has 0 aliphatic heterocycles. The fourth-order valence-electron chi connectivity index (χ4n) is 3.53. The number of carbonyl (C=O) groups excluding carboxylic acids is 3. The summed E-state index contributed by atoms with van der Waals surface area (Å²) < 4.78 is 0. The van der Waals surface area contributed by atoms with Gasteiger partial charge in [-0.25, -0.2) is 0 Å². The molecule has 2 unspecified atom stereocenters. The molecule has 3 nitrogen and oxygen atoms in total. The molecule has 0 aromatic rings. The Morgan fingerprint density at radius 2 is 0.962 bits per heavy atom. The number of Topliss-reactive ketones (excluding diaryl/α,β-unsaturated/α-hetero) is 3. The first-order valence-corrected chi connectivity index (χ1v) is 10.6. The van der Waals surface area contributed by atoms with Crippen molar-refractivity contribution in [2.24, 2.45) is 35.5 Å². The van der Waals surface area contributed by atoms with Crippen LogP contribution in [0.1, 0.15) is 93.9 Å². The molecule has 0 N–H and O–H groups in total. The minimum absolute atomic E-state index is 0.0640. The molecule has 0 radical (unpaired) electrons. The van der Waals surface area contributed by atoms with Crippen LogP contribution in [0.4, 0.5) is 0 Å². The predicted molar refractivity (Wildman–Crippen MR) is 109 cm³/mol. The van der Waals surface area contributed by atoms with E-state index in [1.807, 2.05) is 41.5 Å². The Balaban J connectivity index is 5.17. The van der Waals surface area contributed by atoms with Gasteiger partial charge in [0.2, 0.25) is 0 Å². The topological polar surface area (TPSA) is 51.2 Å². The zero-order valence-corrected chi connectivity index (χ0v) is 18.4. The maximum absolute atomic E-state index is 12.8. The van der Waals surface area contributed by atoms with Gasteiger partial charge in [0.1, 0.15) is 17.3 Å². The summed E-state index contributed by atoms with van der Waals surface area (Å²) in [5.41, 5.74) is 0. The van der Waals surface area contributed by atoms with Crippen LogP contribution in [0.2, 0.25) is 0 Å². The summed E-state index contributed by atoms with van der Waals surface area (Å²) in [7, 11) is 0. The van der Waals surface area contributed by atoms with E-state index in [2.05, 4.69) is 13.8 Å². The molecule has 0 amide bonds. The summed E-state index contributed by atoms with van der Waals surface area (Å²) in [4.78, 5) is 37.7. The molecule has 3 atom stereocenters. The number of hydrogen-bond acceptors (Lipinski definition) is 3. The van der Waals surface area contributed by atoms with Crippen LogP contribution in [-0.4, -0.2) is 17.3 Å². The quantitative estimate of drug-likeness (QED) is 0.385. The predicted octanol–water partition coefficient (Wildman–Crippen LogP) is 5.89. The standard InChI is InChI=1S/C23H42O3/c1-9-19(22(25)11-16(4)5)14-20(23(26)12-17(6)7)13-18(8)21(24)10-15(2)3/h15-20H,9-14H2,1-8H3/t18-,19?,20?/m0/s1. The third-order valence-corrected chi connectivity index (χ3v) is 4.99. The fraction of sp³-hybridized carbons (Fsp3) is 0.870. The van der Waals surface area contributed by atoms with Crippen molar-refractivity contribution in [2.45, 2.75) is 93.9 Å². The highest BCUT2D eigenvalue weighted by atomic mass is 16.1. The molecule has 0 rings (SSSR count). The van der Waals surface area contributed by atoms with Crippen molar-refractivity contribution in [2.75, 3.05) is 0 Å². The van der Waals surface area contributed by atoms with Crippen LogP contribution in [0.25, 0.3) is 0 Å². The van der Waals surface area contributed by atoms with Crippen molar-refractivity contribution in [1.29, 1.82) is 0 Å². The molecule has 0 saturated heterocycles. The number of hydrogen-bond donors (Lipinski definition) is 0. The lowest BCUT2D eigenvalue weighted by Crippen LogP contribution is -2.28. The van der Waals surface area contributed by atoms with E-state index in [4.69, 9.17) is 0 Å². The normalized spacial score (nSPS) is 15.3. The zero-order chi connectivity index (χ0) is 20.4. The second-order valence-corrected chi connectivity index (χ2v) is 9.37. The van der Waals surface area contributed by atoms with Crippen LogP contribution in [0.15, 0.2) is 0 Å². The zero-order valence-electron chi connectivity index (χ0n) is 18.4. The summed E-state index contributed by atoms with van der Waals surface area (Å²) in [6.45, 7) is 16.3. The van der Waals surface area contributed by atoms with Gasteiger partial charge in [-0.2, -0.15) is 0 Å². The lowest BCUT2D eigenvalue weighted by Gasteiger charge is -2.25. The van der Waals surface area contributed by atoms with Gasteiger partial charge in [-0.3, -0.25) is 14.4 Å². The van der Waals surface area contributed by atoms with Crippen molar-refractivity contribution < 1.29 is 14.4 Å². The highest BCUT2D eigenvalue weighted by Crippen LogP contribution is 2.28. The minimum Gasteiger partial charge on any atom is -0.299 e. The molecule has 0 saturated carbocycles. The Labute approximate surface area is 161 Å². The van der Waals surface area contributed by atoms with Crippen LogP contribution in [0, 0.1) is 35.5 Å². The summed E-state index contributed by atoms with van der Waals surface area (Å²) in [5, 5.41) is 0. The van der Waals surface area contributed by atoms with Gasteiger partial charge in [-0.1, -0.05) is 55.4 Å². The van der Waals surface area contributed by atoms with E-state index < -0.39 is 0 Å².